The van der Waals surface area contributed by atoms with Crippen LogP contribution >= 0.6 is 11.8 Å². The van der Waals surface area contributed by atoms with Crippen molar-refractivity contribution in [3.63, 3.8) is 0 Å². The highest BCUT2D eigenvalue weighted by atomic mass is 32.2. The Hall–Kier alpha value is -0.420. The average Bonchev–Trinajstić information content (AvgIpc) is 3.06. The van der Waals surface area contributed by atoms with Crippen LogP contribution in [0.4, 0.5) is 4.79 Å². The maximum atomic E-state index is 11.9. The van der Waals surface area contributed by atoms with Gasteiger partial charge in [0.15, 0.2) is 0 Å². The Morgan fingerprint density at radius 3 is 2.55 bits per heavy atom. The van der Waals surface area contributed by atoms with Crippen LogP contribution in [0.2, 0.25) is 0 Å². The van der Waals surface area contributed by atoms with E-state index in [1.54, 1.807) is 0 Å². The minimum absolute atomic E-state index is 0.211. The smallest absolute Gasteiger partial charge is 0.407 e. The van der Waals surface area contributed by atoms with Crippen molar-refractivity contribution in [2.24, 2.45) is 5.92 Å². The zero-order chi connectivity index (χ0) is 14.8. The number of alkyl carbamates (subject to hydrolysis) is 1. The van der Waals surface area contributed by atoms with Crippen molar-refractivity contribution in [2.75, 3.05) is 12.3 Å². The zero-order valence-electron chi connectivity index (χ0n) is 13.1. The molecule has 2 aliphatic rings. The van der Waals surface area contributed by atoms with Crippen molar-refractivity contribution < 1.29 is 9.53 Å². The molecule has 1 saturated carbocycles. The van der Waals surface area contributed by atoms with Gasteiger partial charge in [-0.1, -0.05) is 6.92 Å². The third kappa shape index (κ3) is 5.17. The van der Waals surface area contributed by atoms with E-state index < -0.39 is 5.60 Å². The number of hydrogen-bond acceptors (Lipinski definition) is 4. The van der Waals surface area contributed by atoms with E-state index in [1.165, 1.54) is 25.0 Å². The van der Waals surface area contributed by atoms with Gasteiger partial charge in [0.25, 0.3) is 0 Å². The summed E-state index contributed by atoms with van der Waals surface area (Å²) >= 11 is 2.03. The first-order chi connectivity index (χ1) is 9.35. The Bertz CT molecular complexity index is 339. The van der Waals surface area contributed by atoms with Crippen molar-refractivity contribution in [3.8, 4) is 0 Å². The monoisotopic (exact) mass is 300 g/mol. The van der Waals surface area contributed by atoms with Crippen LogP contribution in [0.5, 0.6) is 0 Å². The first-order valence-electron chi connectivity index (χ1n) is 7.69. The number of thioether (sulfide) groups is 1. The molecule has 2 N–H and O–H groups in total. The van der Waals surface area contributed by atoms with Crippen LogP contribution in [0, 0.1) is 5.92 Å². The molecule has 1 saturated heterocycles. The third-order valence-corrected chi connectivity index (χ3v) is 5.20. The minimum Gasteiger partial charge on any atom is -0.444 e. The first kappa shape index (κ1) is 16.0. The molecule has 1 heterocycles. The second-order valence-electron chi connectivity index (χ2n) is 6.97. The summed E-state index contributed by atoms with van der Waals surface area (Å²) < 4.78 is 5.36. The van der Waals surface area contributed by atoms with E-state index in [4.69, 9.17) is 4.74 Å². The van der Waals surface area contributed by atoms with Crippen molar-refractivity contribution in [1.29, 1.82) is 0 Å². The van der Waals surface area contributed by atoms with Crippen LogP contribution in [-0.2, 0) is 4.74 Å². The Kier molecular flexibility index (Phi) is 5.24. The average molecular weight is 300 g/mol. The number of hydrogen-bond donors (Lipinski definition) is 2. The molecule has 1 aliphatic heterocycles. The van der Waals surface area contributed by atoms with Gasteiger partial charge in [0, 0.05) is 23.9 Å². The van der Waals surface area contributed by atoms with Gasteiger partial charge >= 0.3 is 6.09 Å². The standard InChI is InChI=1S/C15H28N2O2S/c1-10-12(7-8-20-10)16-9-13(11-5-6-11)17-14(18)19-15(2,3)4/h10-13,16H,5-9H2,1-4H3,(H,17,18). The number of rotatable bonds is 5. The van der Waals surface area contributed by atoms with E-state index in [1.807, 2.05) is 32.5 Å². The Morgan fingerprint density at radius 1 is 1.35 bits per heavy atom. The minimum atomic E-state index is -0.428. The van der Waals surface area contributed by atoms with Gasteiger partial charge in [-0.05, 0) is 51.7 Å². The first-order valence-corrected chi connectivity index (χ1v) is 8.74. The lowest BCUT2D eigenvalue weighted by Crippen LogP contribution is -2.48. The summed E-state index contributed by atoms with van der Waals surface area (Å²) in [7, 11) is 0. The van der Waals surface area contributed by atoms with E-state index in [9.17, 15) is 4.79 Å². The molecule has 0 aromatic carbocycles. The van der Waals surface area contributed by atoms with E-state index in [2.05, 4.69) is 17.6 Å². The molecule has 0 bridgehead atoms. The number of carbonyl (C=O) groups excluding carboxylic acids is 1. The third-order valence-electron chi connectivity index (χ3n) is 3.87. The molecular formula is C15H28N2O2S. The molecule has 0 aromatic rings. The van der Waals surface area contributed by atoms with Gasteiger partial charge in [-0.2, -0.15) is 11.8 Å². The van der Waals surface area contributed by atoms with E-state index in [0.717, 1.165) is 6.54 Å². The molecule has 2 rings (SSSR count). The van der Waals surface area contributed by atoms with Gasteiger partial charge in [-0.15, -0.1) is 0 Å². The fourth-order valence-corrected chi connectivity index (χ4v) is 3.80. The molecule has 4 nitrogen and oxygen atoms in total. The topological polar surface area (TPSA) is 50.4 Å². The second kappa shape index (κ2) is 6.56. The van der Waals surface area contributed by atoms with Crippen LogP contribution in [-0.4, -0.2) is 41.3 Å². The number of ether oxygens (including phenoxy) is 1. The summed E-state index contributed by atoms with van der Waals surface area (Å²) in [5.41, 5.74) is -0.428. The van der Waals surface area contributed by atoms with E-state index in [-0.39, 0.29) is 12.1 Å². The van der Waals surface area contributed by atoms with Crippen LogP contribution in [0.1, 0.15) is 47.0 Å². The van der Waals surface area contributed by atoms with E-state index >= 15 is 0 Å². The Balaban J connectivity index is 1.77. The Labute approximate surface area is 126 Å². The van der Waals surface area contributed by atoms with E-state index in [0.29, 0.717) is 17.2 Å². The fourth-order valence-electron chi connectivity index (χ4n) is 2.57. The van der Waals surface area contributed by atoms with Crippen LogP contribution < -0.4 is 10.6 Å². The highest BCUT2D eigenvalue weighted by Crippen LogP contribution is 2.33. The van der Waals surface area contributed by atoms with Gasteiger partial charge < -0.3 is 15.4 Å². The molecule has 0 radical (unpaired) electrons. The molecule has 3 atom stereocenters. The lowest BCUT2D eigenvalue weighted by atomic mass is 10.1. The molecular weight excluding hydrogens is 272 g/mol. The molecule has 3 unspecified atom stereocenters. The molecule has 116 valence electrons. The highest BCUT2D eigenvalue weighted by Gasteiger charge is 2.34. The van der Waals surface area contributed by atoms with Gasteiger partial charge in [0.1, 0.15) is 5.60 Å². The maximum Gasteiger partial charge on any atom is 0.407 e. The van der Waals surface area contributed by atoms with Crippen LogP contribution in [0.25, 0.3) is 0 Å². The summed E-state index contributed by atoms with van der Waals surface area (Å²) in [6.45, 7) is 8.83. The van der Waals surface area contributed by atoms with Gasteiger partial charge in [-0.3, -0.25) is 0 Å². The number of amides is 1. The van der Waals surface area contributed by atoms with Gasteiger partial charge in [0.2, 0.25) is 0 Å². The normalized spacial score (nSPS) is 28.2. The predicted octanol–water partition coefficient (Wildman–Crippen LogP) is 2.77. The second-order valence-corrected chi connectivity index (χ2v) is 8.45. The lowest BCUT2D eigenvalue weighted by molar-refractivity contribution is 0.0496. The Morgan fingerprint density at radius 2 is 2.05 bits per heavy atom. The van der Waals surface area contributed by atoms with Gasteiger partial charge in [0.05, 0.1) is 0 Å². The summed E-state index contributed by atoms with van der Waals surface area (Å²) in [6, 6.07) is 0.796. The molecule has 0 spiro atoms. The SMILES string of the molecule is CC1SCCC1NCC(NC(=O)OC(C)(C)C)C1CC1. The summed E-state index contributed by atoms with van der Waals surface area (Å²) in [5, 5.41) is 7.35. The van der Waals surface area contributed by atoms with Crippen LogP contribution in [0.15, 0.2) is 0 Å². The summed E-state index contributed by atoms with van der Waals surface area (Å²) in [5.74, 6) is 1.87. The molecule has 20 heavy (non-hydrogen) atoms. The molecule has 1 amide bonds. The summed E-state index contributed by atoms with van der Waals surface area (Å²) in [6.07, 6.45) is 3.38. The van der Waals surface area contributed by atoms with Crippen molar-refractivity contribution in [1.82, 2.24) is 10.6 Å². The molecule has 2 fully saturated rings. The van der Waals surface area contributed by atoms with Crippen LogP contribution in [0.3, 0.4) is 0 Å². The quantitative estimate of drug-likeness (QED) is 0.820. The predicted molar refractivity (Wildman–Crippen MR) is 84.2 cm³/mol. The fraction of sp³-hybridized carbons (Fsp3) is 0.933. The molecule has 0 aromatic heterocycles. The maximum absolute atomic E-state index is 11.9. The van der Waals surface area contributed by atoms with Crippen molar-refractivity contribution >= 4 is 17.9 Å². The zero-order valence-corrected chi connectivity index (χ0v) is 13.9. The van der Waals surface area contributed by atoms with Crippen molar-refractivity contribution in [2.45, 2.75) is 69.9 Å². The number of carbonyl (C=O) groups is 1. The summed E-state index contributed by atoms with van der Waals surface area (Å²) in [4.78, 5) is 11.9. The van der Waals surface area contributed by atoms with Gasteiger partial charge in [-0.25, -0.2) is 4.79 Å². The lowest BCUT2D eigenvalue weighted by Gasteiger charge is -2.25. The van der Waals surface area contributed by atoms with Crippen molar-refractivity contribution in [3.05, 3.63) is 0 Å². The molecule has 5 heteroatoms. The highest BCUT2D eigenvalue weighted by molar-refractivity contribution is 8.00. The largest absolute Gasteiger partial charge is 0.444 e. The number of nitrogens with one attached hydrogen (secondary N) is 2. The molecule has 1 aliphatic carbocycles.